The van der Waals surface area contributed by atoms with E-state index in [4.69, 9.17) is 0 Å². The molecule has 0 fully saturated rings. The molecule has 1 aromatic carbocycles. The van der Waals surface area contributed by atoms with Crippen molar-refractivity contribution in [3.63, 3.8) is 0 Å². The summed E-state index contributed by atoms with van der Waals surface area (Å²) in [5.74, 6) is 0.695. The van der Waals surface area contributed by atoms with Crippen LogP contribution >= 0.6 is 0 Å². The summed E-state index contributed by atoms with van der Waals surface area (Å²) in [5.41, 5.74) is 1.47. The molecular weight excluding hydrogens is 376 g/mol. The highest BCUT2D eigenvalue weighted by Crippen LogP contribution is 2.24. The van der Waals surface area contributed by atoms with Crippen LogP contribution in [0, 0.1) is 5.92 Å². The molecule has 0 aliphatic carbocycles. The Morgan fingerprint density at radius 3 is 1.81 bits per heavy atom. The molecule has 2 unspecified atom stereocenters. The number of benzene rings is 1. The number of rotatable bonds is 19. The molecule has 0 saturated heterocycles. The molecule has 2 atom stereocenters. The number of aromatic nitrogens is 2. The van der Waals surface area contributed by atoms with Gasteiger partial charge in [0.15, 0.2) is 0 Å². The van der Waals surface area contributed by atoms with E-state index in [1.165, 1.54) is 108 Å². The van der Waals surface area contributed by atoms with Gasteiger partial charge >= 0.3 is 0 Å². The van der Waals surface area contributed by atoms with Gasteiger partial charge in [0.25, 0.3) is 0 Å². The Balaban J connectivity index is 1.54. The van der Waals surface area contributed by atoms with Gasteiger partial charge in [-0.05, 0) is 25.3 Å². The number of nitrogens with zero attached hydrogens (tertiary/aromatic N) is 1. The molecule has 0 aliphatic heterocycles. The van der Waals surface area contributed by atoms with Gasteiger partial charge in [0.1, 0.15) is 18.4 Å². The Morgan fingerprint density at radius 1 is 0.742 bits per heavy atom. The molecule has 0 amide bonds. The number of H-pyrrole nitrogens is 1. The van der Waals surface area contributed by atoms with E-state index in [2.05, 4.69) is 66.3 Å². The van der Waals surface area contributed by atoms with E-state index in [0.717, 1.165) is 0 Å². The molecule has 0 saturated carbocycles. The van der Waals surface area contributed by atoms with Gasteiger partial charge in [0, 0.05) is 5.92 Å². The van der Waals surface area contributed by atoms with E-state index in [1.54, 1.807) is 0 Å². The van der Waals surface area contributed by atoms with E-state index in [1.807, 2.05) is 6.20 Å². The zero-order chi connectivity index (χ0) is 22.0. The van der Waals surface area contributed by atoms with Crippen LogP contribution in [-0.2, 0) is 6.42 Å². The highest BCUT2D eigenvalue weighted by molar-refractivity contribution is 5.15. The number of hydrogen-bond donors (Lipinski definition) is 1. The summed E-state index contributed by atoms with van der Waals surface area (Å²) in [6.07, 6.45) is 28.9. The Kier molecular flexibility index (Phi) is 14.1. The highest BCUT2D eigenvalue weighted by Gasteiger charge is 2.22. The van der Waals surface area contributed by atoms with Crippen molar-refractivity contribution in [2.24, 2.45) is 5.92 Å². The molecule has 31 heavy (non-hydrogen) atoms. The van der Waals surface area contributed by atoms with Crippen LogP contribution in [0.15, 0.2) is 49.1 Å². The molecule has 1 heterocycles. The average Bonchev–Trinajstić information content (AvgIpc) is 3.34. The lowest BCUT2D eigenvalue weighted by atomic mass is 9.88. The second-order valence-corrected chi connectivity index (χ2v) is 9.63. The molecule has 2 aromatic rings. The van der Waals surface area contributed by atoms with Crippen LogP contribution in [-0.4, -0.2) is 4.98 Å². The van der Waals surface area contributed by atoms with Crippen LogP contribution in [0.3, 0.4) is 0 Å². The van der Waals surface area contributed by atoms with Crippen molar-refractivity contribution in [3.8, 4) is 0 Å². The quantitative estimate of drug-likeness (QED) is 0.172. The molecule has 2 nitrogen and oxygen atoms in total. The minimum absolute atomic E-state index is 0.536. The summed E-state index contributed by atoms with van der Waals surface area (Å²) in [6.45, 7) is 4.68. The summed E-state index contributed by atoms with van der Waals surface area (Å²) in [4.78, 5) is 3.21. The predicted molar refractivity (Wildman–Crippen MR) is 134 cm³/mol. The van der Waals surface area contributed by atoms with Crippen LogP contribution in [0.4, 0.5) is 0 Å². The second kappa shape index (κ2) is 17.0. The largest absolute Gasteiger partial charge is 0.250 e. The number of imidazole rings is 1. The smallest absolute Gasteiger partial charge is 0.241 e. The molecule has 0 radical (unpaired) electrons. The highest BCUT2D eigenvalue weighted by atomic mass is 15.0. The summed E-state index contributed by atoms with van der Waals surface area (Å²) >= 11 is 0. The third-order valence-electron chi connectivity index (χ3n) is 6.99. The van der Waals surface area contributed by atoms with E-state index >= 15 is 0 Å². The van der Waals surface area contributed by atoms with E-state index in [-0.39, 0.29) is 0 Å². The second-order valence-electron chi connectivity index (χ2n) is 9.63. The lowest BCUT2D eigenvalue weighted by Gasteiger charge is -2.22. The topological polar surface area (TPSA) is 19.7 Å². The van der Waals surface area contributed by atoms with Gasteiger partial charge in [-0.1, -0.05) is 127 Å². The third-order valence-corrected chi connectivity index (χ3v) is 6.99. The van der Waals surface area contributed by atoms with Crippen molar-refractivity contribution < 1.29 is 4.57 Å². The fourth-order valence-electron chi connectivity index (χ4n) is 4.83. The summed E-state index contributed by atoms with van der Waals surface area (Å²) in [5, 5.41) is 0. The van der Waals surface area contributed by atoms with Gasteiger partial charge < -0.3 is 0 Å². The normalized spacial score (nSPS) is 13.4. The monoisotopic (exact) mass is 425 g/mol. The molecule has 0 aliphatic rings. The van der Waals surface area contributed by atoms with Crippen molar-refractivity contribution in [2.75, 3.05) is 0 Å². The Morgan fingerprint density at radius 2 is 1.29 bits per heavy atom. The molecule has 0 spiro atoms. The van der Waals surface area contributed by atoms with Crippen molar-refractivity contribution in [3.05, 3.63) is 54.6 Å². The van der Waals surface area contributed by atoms with E-state index < -0.39 is 0 Å². The number of unbranched alkanes of at least 4 members (excludes halogenated alkanes) is 13. The first-order valence-corrected chi connectivity index (χ1v) is 13.4. The first-order valence-electron chi connectivity index (χ1n) is 13.4. The Labute approximate surface area is 192 Å². The molecule has 0 bridgehead atoms. The summed E-state index contributed by atoms with van der Waals surface area (Å²) in [7, 11) is 0. The van der Waals surface area contributed by atoms with Crippen LogP contribution in [0.2, 0.25) is 0 Å². The van der Waals surface area contributed by atoms with Crippen LogP contribution in [0.25, 0.3) is 0 Å². The minimum Gasteiger partial charge on any atom is -0.250 e. The van der Waals surface area contributed by atoms with Crippen LogP contribution in [0.1, 0.15) is 122 Å². The molecule has 174 valence electrons. The summed E-state index contributed by atoms with van der Waals surface area (Å²) in [6, 6.07) is 11.6. The molecular formula is C29H49N2+. The number of hydrogen-bond acceptors (Lipinski definition) is 0. The van der Waals surface area contributed by atoms with Crippen molar-refractivity contribution >= 4 is 0 Å². The lowest BCUT2D eigenvalue weighted by Crippen LogP contribution is -2.40. The number of aromatic amines is 1. The first-order chi connectivity index (χ1) is 15.3. The van der Waals surface area contributed by atoms with Crippen molar-refractivity contribution in [1.82, 2.24) is 4.98 Å². The maximum Gasteiger partial charge on any atom is 0.241 e. The SMILES string of the molecule is CCCCCCCCCCCCCCCCC(Cc1ccccc1)C(C)[n+]1cc[nH]c1. The molecule has 1 N–H and O–H groups in total. The van der Waals surface area contributed by atoms with Crippen LogP contribution in [0.5, 0.6) is 0 Å². The maximum absolute atomic E-state index is 3.21. The van der Waals surface area contributed by atoms with Gasteiger partial charge in [-0.25, -0.2) is 4.57 Å². The Hall–Kier alpha value is -1.57. The fourth-order valence-corrected chi connectivity index (χ4v) is 4.83. The van der Waals surface area contributed by atoms with E-state index in [9.17, 15) is 0 Å². The number of nitrogens with one attached hydrogen (secondary N) is 1. The van der Waals surface area contributed by atoms with E-state index in [0.29, 0.717) is 12.0 Å². The molecule has 2 rings (SSSR count). The third kappa shape index (κ3) is 11.6. The molecule has 1 aromatic heterocycles. The van der Waals surface area contributed by atoms with Gasteiger partial charge in [-0.15, -0.1) is 0 Å². The van der Waals surface area contributed by atoms with Gasteiger partial charge in [0.05, 0.1) is 0 Å². The zero-order valence-electron chi connectivity index (χ0n) is 20.5. The lowest BCUT2D eigenvalue weighted by molar-refractivity contribution is -0.725. The van der Waals surface area contributed by atoms with Gasteiger partial charge in [0.2, 0.25) is 6.33 Å². The predicted octanol–water partition coefficient (Wildman–Crippen LogP) is 8.59. The van der Waals surface area contributed by atoms with Gasteiger partial charge in [-0.2, -0.15) is 0 Å². The Bertz CT molecular complexity index is 619. The molecule has 2 heteroatoms. The van der Waals surface area contributed by atoms with Crippen molar-refractivity contribution in [2.45, 2.75) is 123 Å². The van der Waals surface area contributed by atoms with Gasteiger partial charge in [-0.3, -0.25) is 4.98 Å². The summed E-state index contributed by atoms with van der Waals surface area (Å²) < 4.78 is 2.34. The standard InChI is InChI=1S/C29H48N2/c1-3-4-5-6-7-8-9-10-11-12-13-14-15-19-22-29(25-28-20-17-16-18-21-28)27(2)31-24-23-30-26-31/h16-18,20-21,23-24,26-27,29H,3-15,19,22,25H2,1-2H3/p+1. The fraction of sp³-hybridized carbons (Fsp3) is 0.690. The van der Waals surface area contributed by atoms with Crippen LogP contribution < -0.4 is 4.57 Å². The first kappa shape index (κ1) is 25.7. The average molecular weight is 426 g/mol. The van der Waals surface area contributed by atoms with Crippen molar-refractivity contribution in [1.29, 1.82) is 0 Å². The zero-order valence-corrected chi connectivity index (χ0v) is 20.5. The minimum atomic E-state index is 0.536. The maximum atomic E-state index is 3.21.